The van der Waals surface area contributed by atoms with E-state index in [9.17, 15) is 14.7 Å². The number of hydrogen-bond donors (Lipinski definition) is 3. The monoisotopic (exact) mass is 189 g/mol. The number of aliphatic hydroxyl groups is 1. The van der Waals surface area contributed by atoms with Crippen molar-refractivity contribution in [1.29, 1.82) is 0 Å². The second kappa shape index (κ2) is 5.53. The number of nitrogens with one attached hydrogen (secondary N) is 1. The number of amides is 1. The lowest BCUT2D eigenvalue weighted by atomic mass is 10.00. The van der Waals surface area contributed by atoms with Gasteiger partial charge in [0.2, 0.25) is 5.91 Å². The molecule has 0 aliphatic rings. The number of carboxylic acid groups (broad SMARTS) is 1. The zero-order valence-electron chi connectivity index (χ0n) is 7.78. The molecule has 13 heavy (non-hydrogen) atoms. The minimum absolute atomic E-state index is 0.0137. The van der Waals surface area contributed by atoms with E-state index in [2.05, 4.69) is 5.32 Å². The van der Waals surface area contributed by atoms with Crippen molar-refractivity contribution in [3.05, 3.63) is 0 Å². The second-order valence-electron chi connectivity index (χ2n) is 2.86. The maximum absolute atomic E-state index is 10.5. The molecule has 76 valence electrons. The average molecular weight is 189 g/mol. The van der Waals surface area contributed by atoms with Gasteiger partial charge in [-0.05, 0) is 6.42 Å². The summed E-state index contributed by atoms with van der Waals surface area (Å²) in [5.41, 5.74) is 0. The number of rotatable bonds is 5. The van der Waals surface area contributed by atoms with E-state index in [4.69, 9.17) is 5.11 Å². The first kappa shape index (κ1) is 11.9. The predicted octanol–water partition coefficient (Wildman–Crippen LogP) is -0.406. The molecule has 0 aromatic heterocycles. The fourth-order valence-electron chi connectivity index (χ4n) is 1.00. The van der Waals surface area contributed by atoms with E-state index >= 15 is 0 Å². The van der Waals surface area contributed by atoms with Gasteiger partial charge in [-0.1, -0.05) is 6.92 Å². The van der Waals surface area contributed by atoms with Crippen LogP contribution in [-0.4, -0.2) is 34.7 Å². The van der Waals surface area contributed by atoms with Gasteiger partial charge in [-0.25, -0.2) is 0 Å². The van der Waals surface area contributed by atoms with Crippen LogP contribution in [-0.2, 0) is 9.59 Å². The Hall–Kier alpha value is -1.10. The molecule has 0 heterocycles. The molecule has 1 amide bonds. The lowest BCUT2D eigenvalue weighted by molar-refractivity contribution is -0.146. The van der Waals surface area contributed by atoms with E-state index < -0.39 is 18.0 Å². The summed E-state index contributed by atoms with van der Waals surface area (Å²) in [4.78, 5) is 21.0. The molecule has 0 aliphatic heterocycles. The largest absolute Gasteiger partial charge is 0.481 e. The first-order valence-corrected chi connectivity index (χ1v) is 4.14. The summed E-state index contributed by atoms with van der Waals surface area (Å²) in [6, 6.07) is 0. The van der Waals surface area contributed by atoms with Crippen molar-refractivity contribution in [2.24, 2.45) is 5.92 Å². The third kappa shape index (κ3) is 4.47. The highest BCUT2D eigenvalue weighted by Crippen LogP contribution is 2.08. The fraction of sp³-hybridized carbons (Fsp3) is 0.750. The summed E-state index contributed by atoms with van der Waals surface area (Å²) in [7, 11) is 0. The third-order valence-corrected chi connectivity index (χ3v) is 1.78. The van der Waals surface area contributed by atoms with Crippen LogP contribution in [0.1, 0.15) is 20.3 Å². The molecule has 0 radical (unpaired) electrons. The Morgan fingerprint density at radius 2 is 2.00 bits per heavy atom. The zero-order chi connectivity index (χ0) is 10.4. The molecular formula is C8H15NO4. The number of carbonyl (C=O) groups is 2. The van der Waals surface area contributed by atoms with E-state index in [0.29, 0.717) is 6.42 Å². The van der Waals surface area contributed by atoms with E-state index in [-0.39, 0.29) is 12.5 Å². The quantitative estimate of drug-likeness (QED) is 0.549. The number of aliphatic hydroxyl groups excluding tert-OH is 1. The highest BCUT2D eigenvalue weighted by atomic mass is 16.4. The van der Waals surface area contributed by atoms with Gasteiger partial charge in [-0.2, -0.15) is 0 Å². The van der Waals surface area contributed by atoms with E-state index in [1.807, 2.05) is 0 Å². The molecule has 0 bridgehead atoms. The zero-order valence-corrected chi connectivity index (χ0v) is 7.78. The lowest BCUT2D eigenvalue weighted by Gasteiger charge is -2.17. The summed E-state index contributed by atoms with van der Waals surface area (Å²) >= 11 is 0. The van der Waals surface area contributed by atoms with Gasteiger partial charge in [-0.3, -0.25) is 9.59 Å². The SMILES string of the molecule is CCC(C(=O)O)C(O)CNC(C)=O. The van der Waals surface area contributed by atoms with Gasteiger partial charge >= 0.3 is 5.97 Å². The Balaban J connectivity index is 3.98. The average Bonchev–Trinajstić information content (AvgIpc) is 2.01. The molecular weight excluding hydrogens is 174 g/mol. The van der Waals surface area contributed by atoms with Gasteiger partial charge in [0.25, 0.3) is 0 Å². The van der Waals surface area contributed by atoms with Crippen LogP contribution in [0.2, 0.25) is 0 Å². The van der Waals surface area contributed by atoms with E-state index in [0.717, 1.165) is 0 Å². The van der Waals surface area contributed by atoms with Crippen LogP contribution in [0.5, 0.6) is 0 Å². The fourth-order valence-corrected chi connectivity index (χ4v) is 1.00. The van der Waals surface area contributed by atoms with Crippen molar-refractivity contribution in [3.63, 3.8) is 0 Å². The third-order valence-electron chi connectivity index (χ3n) is 1.78. The van der Waals surface area contributed by atoms with Crippen molar-refractivity contribution in [3.8, 4) is 0 Å². The smallest absolute Gasteiger partial charge is 0.309 e. The molecule has 0 fully saturated rings. The Bertz CT molecular complexity index is 193. The molecule has 0 aliphatic carbocycles. The van der Waals surface area contributed by atoms with Crippen LogP contribution >= 0.6 is 0 Å². The van der Waals surface area contributed by atoms with Gasteiger partial charge in [0.15, 0.2) is 0 Å². The maximum Gasteiger partial charge on any atom is 0.309 e. The molecule has 0 saturated heterocycles. The summed E-state index contributed by atoms with van der Waals surface area (Å²) in [6.45, 7) is 2.98. The van der Waals surface area contributed by atoms with Crippen LogP contribution in [0.15, 0.2) is 0 Å². The first-order valence-electron chi connectivity index (χ1n) is 4.14. The highest BCUT2D eigenvalue weighted by Gasteiger charge is 2.24. The van der Waals surface area contributed by atoms with Crippen LogP contribution in [0.25, 0.3) is 0 Å². The molecule has 0 spiro atoms. The number of aliphatic carboxylic acids is 1. The van der Waals surface area contributed by atoms with Gasteiger partial charge < -0.3 is 15.5 Å². The minimum atomic E-state index is -1.04. The van der Waals surface area contributed by atoms with Crippen molar-refractivity contribution < 1.29 is 19.8 Å². The molecule has 5 heteroatoms. The molecule has 0 saturated carbocycles. The van der Waals surface area contributed by atoms with E-state index in [1.54, 1.807) is 6.92 Å². The Morgan fingerprint density at radius 1 is 1.46 bits per heavy atom. The molecule has 2 unspecified atom stereocenters. The summed E-state index contributed by atoms with van der Waals surface area (Å²) in [5.74, 6) is -2.13. The minimum Gasteiger partial charge on any atom is -0.481 e. The molecule has 0 aromatic rings. The second-order valence-corrected chi connectivity index (χ2v) is 2.86. The molecule has 0 rings (SSSR count). The molecule has 2 atom stereocenters. The van der Waals surface area contributed by atoms with Crippen molar-refractivity contribution in [1.82, 2.24) is 5.32 Å². The topological polar surface area (TPSA) is 86.6 Å². The van der Waals surface area contributed by atoms with Gasteiger partial charge in [0, 0.05) is 13.5 Å². The Morgan fingerprint density at radius 3 is 2.31 bits per heavy atom. The van der Waals surface area contributed by atoms with Crippen molar-refractivity contribution >= 4 is 11.9 Å². The molecule has 3 N–H and O–H groups in total. The van der Waals surface area contributed by atoms with Gasteiger partial charge in [-0.15, -0.1) is 0 Å². The predicted molar refractivity (Wildman–Crippen MR) is 46.1 cm³/mol. The van der Waals surface area contributed by atoms with Gasteiger partial charge in [0.05, 0.1) is 12.0 Å². The van der Waals surface area contributed by atoms with Crippen molar-refractivity contribution in [2.45, 2.75) is 26.4 Å². The van der Waals surface area contributed by atoms with E-state index in [1.165, 1.54) is 6.92 Å². The normalized spacial score (nSPS) is 14.7. The van der Waals surface area contributed by atoms with Crippen LogP contribution in [0.4, 0.5) is 0 Å². The summed E-state index contributed by atoms with van der Waals surface area (Å²) in [6.07, 6.45) is -0.679. The molecule has 0 aromatic carbocycles. The number of hydrogen-bond acceptors (Lipinski definition) is 3. The Kier molecular flexibility index (Phi) is 5.06. The Labute approximate surface area is 76.8 Å². The van der Waals surface area contributed by atoms with Crippen molar-refractivity contribution in [2.75, 3.05) is 6.54 Å². The lowest BCUT2D eigenvalue weighted by Crippen LogP contribution is -2.38. The summed E-state index contributed by atoms with van der Waals surface area (Å²) in [5, 5.41) is 20.3. The molecule has 5 nitrogen and oxygen atoms in total. The number of carbonyl (C=O) groups excluding carboxylic acids is 1. The van der Waals surface area contributed by atoms with Crippen LogP contribution in [0.3, 0.4) is 0 Å². The van der Waals surface area contributed by atoms with Gasteiger partial charge in [0.1, 0.15) is 0 Å². The standard InChI is InChI=1S/C8H15NO4/c1-3-6(8(12)13)7(11)4-9-5(2)10/h6-7,11H,3-4H2,1-2H3,(H,9,10)(H,12,13). The maximum atomic E-state index is 10.5. The highest BCUT2D eigenvalue weighted by molar-refractivity contribution is 5.73. The van der Waals surface area contributed by atoms with Crippen LogP contribution in [0, 0.1) is 5.92 Å². The first-order chi connectivity index (χ1) is 5.99. The van der Waals surface area contributed by atoms with Crippen LogP contribution < -0.4 is 5.32 Å². The summed E-state index contributed by atoms with van der Waals surface area (Å²) < 4.78 is 0. The number of carboxylic acids is 1.